The van der Waals surface area contributed by atoms with E-state index in [1.807, 2.05) is 6.07 Å². The normalized spacial score (nSPS) is 12.9. The van der Waals surface area contributed by atoms with Crippen LogP contribution in [0.3, 0.4) is 0 Å². The Labute approximate surface area is 120 Å². The van der Waals surface area contributed by atoms with Gasteiger partial charge in [0.25, 0.3) is 0 Å². The van der Waals surface area contributed by atoms with Crippen molar-refractivity contribution in [3.8, 4) is 5.75 Å². The van der Waals surface area contributed by atoms with E-state index in [0.717, 1.165) is 36.4 Å². The minimum atomic E-state index is 0. The van der Waals surface area contributed by atoms with Crippen molar-refractivity contribution in [1.82, 2.24) is 4.90 Å². The first kappa shape index (κ1) is 15.8. The first-order valence-corrected chi connectivity index (χ1v) is 6.25. The number of rotatable bonds is 5. The van der Waals surface area contributed by atoms with Crippen molar-refractivity contribution in [1.29, 1.82) is 0 Å². The second-order valence-corrected chi connectivity index (χ2v) is 4.91. The number of carbonyl (C=O) groups excluding carboxylic acids is 1. The molecule has 0 fully saturated rings. The molecule has 19 heavy (non-hydrogen) atoms. The number of methoxy groups -OCH3 is 1. The predicted octanol–water partition coefficient (Wildman–Crippen LogP) is 2.11. The highest BCUT2D eigenvalue weighted by molar-refractivity contribution is 6.01. The van der Waals surface area contributed by atoms with E-state index < -0.39 is 0 Å². The summed E-state index contributed by atoms with van der Waals surface area (Å²) >= 11 is 0. The van der Waals surface area contributed by atoms with E-state index in [0.29, 0.717) is 6.42 Å². The molecular formula is C14H21ClN2O2. The fourth-order valence-electron chi connectivity index (χ4n) is 2.34. The van der Waals surface area contributed by atoms with Crippen LogP contribution in [0.5, 0.6) is 5.75 Å². The number of nitrogens with one attached hydrogen (secondary N) is 1. The van der Waals surface area contributed by atoms with E-state index in [1.165, 1.54) is 5.56 Å². The Hall–Kier alpha value is -1.26. The van der Waals surface area contributed by atoms with Gasteiger partial charge in [0.2, 0.25) is 5.91 Å². The summed E-state index contributed by atoms with van der Waals surface area (Å²) in [6, 6.07) is 4.02. The summed E-state index contributed by atoms with van der Waals surface area (Å²) in [7, 11) is 5.78. The maximum absolute atomic E-state index is 11.5. The van der Waals surface area contributed by atoms with E-state index in [-0.39, 0.29) is 18.3 Å². The molecule has 0 radical (unpaired) electrons. The second kappa shape index (κ2) is 6.78. The van der Waals surface area contributed by atoms with Crippen molar-refractivity contribution >= 4 is 24.0 Å². The Balaban J connectivity index is 0.00000180. The van der Waals surface area contributed by atoms with Crippen molar-refractivity contribution < 1.29 is 9.53 Å². The molecule has 0 saturated carbocycles. The summed E-state index contributed by atoms with van der Waals surface area (Å²) in [5.74, 6) is 0.815. The molecule has 5 heteroatoms. The number of carbonyl (C=O) groups is 1. The molecule has 0 aromatic heterocycles. The van der Waals surface area contributed by atoms with Gasteiger partial charge in [0.05, 0.1) is 19.2 Å². The van der Waals surface area contributed by atoms with E-state index >= 15 is 0 Å². The summed E-state index contributed by atoms with van der Waals surface area (Å²) in [6.45, 7) is 1.06. The number of anilines is 1. The van der Waals surface area contributed by atoms with Crippen LogP contribution in [-0.2, 0) is 17.6 Å². The lowest BCUT2D eigenvalue weighted by atomic mass is 10.00. The second-order valence-electron chi connectivity index (χ2n) is 4.91. The van der Waals surface area contributed by atoms with Gasteiger partial charge < -0.3 is 15.0 Å². The van der Waals surface area contributed by atoms with Crippen LogP contribution in [-0.4, -0.2) is 38.6 Å². The maximum Gasteiger partial charge on any atom is 0.228 e. The summed E-state index contributed by atoms with van der Waals surface area (Å²) in [4.78, 5) is 13.7. The number of amides is 1. The molecule has 0 bridgehead atoms. The number of fused-ring (bicyclic) bond motifs is 1. The van der Waals surface area contributed by atoms with Crippen molar-refractivity contribution in [3.05, 3.63) is 23.3 Å². The summed E-state index contributed by atoms with van der Waals surface area (Å²) in [5, 5.41) is 2.88. The fourth-order valence-corrected chi connectivity index (χ4v) is 2.34. The molecule has 0 spiro atoms. The summed E-state index contributed by atoms with van der Waals surface area (Å²) in [6.07, 6.45) is 2.57. The third-order valence-electron chi connectivity index (χ3n) is 3.24. The lowest BCUT2D eigenvalue weighted by Gasteiger charge is -2.13. The van der Waals surface area contributed by atoms with Crippen molar-refractivity contribution in [3.63, 3.8) is 0 Å². The molecule has 1 aromatic carbocycles. The van der Waals surface area contributed by atoms with Crippen molar-refractivity contribution in [2.75, 3.05) is 33.1 Å². The van der Waals surface area contributed by atoms with Crippen LogP contribution >= 0.6 is 12.4 Å². The highest BCUT2D eigenvalue weighted by atomic mass is 35.5. The Morgan fingerprint density at radius 3 is 2.74 bits per heavy atom. The summed E-state index contributed by atoms with van der Waals surface area (Å²) < 4.78 is 5.28. The zero-order valence-corrected chi connectivity index (χ0v) is 12.5. The number of nitrogens with zero attached hydrogens (tertiary/aromatic N) is 1. The van der Waals surface area contributed by atoms with Crippen LogP contribution in [0.25, 0.3) is 0 Å². The van der Waals surface area contributed by atoms with Crippen molar-refractivity contribution in [2.45, 2.75) is 19.3 Å². The molecule has 0 saturated heterocycles. The number of halogens is 1. The first-order chi connectivity index (χ1) is 8.61. The molecule has 1 amide bonds. The monoisotopic (exact) mass is 284 g/mol. The summed E-state index contributed by atoms with van der Waals surface area (Å²) in [5.41, 5.74) is 3.23. The van der Waals surface area contributed by atoms with E-state index in [9.17, 15) is 4.79 Å². The van der Waals surface area contributed by atoms with E-state index in [4.69, 9.17) is 4.74 Å². The zero-order chi connectivity index (χ0) is 13.1. The minimum Gasteiger partial charge on any atom is -0.495 e. The Morgan fingerprint density at radius 2 is 2.11 bits per heavy atom. The third-order valence-corrected chi connectivity index (χ3v) is 3.24. The molecule has 1 heterocycles. The molecule has 106 valence electrons. The van der Waals surface area contributed by atoms with Crippen LogP contribution in [0.2, 0.25) is 0 Å². The minimum absolute atomic E-state index is 0. The van der Waals surface area contributed by atoms with Gasteiger partial charge in [0.1, 0.15) is 5.75 Å². The van der Waals surface area contributed by atoms with Gasteiger partial charge in [-0.3, -0.25) is 4.79 Å². The predicted molar refractivity (Wildman–Crippen MR) is 79.5 cm³/mol. The third kappa shape index (κ3) is 3.61. The van der Waals surface area contributed by atoms with Gasteiger partial charge in [-0.2, -0.15) is 0 Å². The Bertz CT molecular complexity index is 461. The average molecular weight is 285 g/mol. The SMILES string of the molecule is COc1ccc(CCCN(C)C)c2c1NC(=O)C2.Cl. The Kier molecular flexibility index (Phi) is 5.63. The van der Waals surface area contributed by atoms with Gasteiger partial charge in [0, 0.05) is 0 Å². The standard InChI is InChI=1S/C14H20N2O2.ClH/c1-16(2)8-4-5-10-6-7-12(18-3)14-11(10)9-13(17)15-14;/h6-7H,4-5,8-9H2,1-3H3,(H,15,17);1H. The van der Waals surface area contributed by atoms with Gasteiger partial charge in [-0.1, -0.05) is 6.07 Å². The number of ether oxygens (including phenoxy) is 1. The highest BCUT2D eigenvalue weighted by Crippen LogP contribution is 2.35. The number of aryl methyl sites for hydroxylation is 1. The molecule has 1 N–H and O–H groups in total. The molecule has 1 aliphatic rings. The lowest BCUT2D eigenvalue weighted by molar-refractivity contribution is -0.115. The largest absolute Gasteiger partial charge is 0.495 e. The van der Waals surface area contributed by atoms with Gasteiger partial charge in [-0.25, -0.2) is 0 Å². The van der Waals surface area contributed by atoms with Gasteiger partial charge in [-0.05, 0) is 50.7 Å². The maximum atomic E-state index is 11.5. The van der Waals surface area contributed by atoms with Crippen LogP contribution in [0, 0.1) is 0 Å². The van der Waals surface area contributed by atoms with Crippen LogP contribution in [0.15, 0.2) is 12.1 Å². The number of hydrogen-bond acceptors (Lipinski definition) is 3. The van der Waals surface area contributed by atoms with Crippen molar-refractivity contribution in [2.24, 2.45) is 0 Å². The zero-order valence-electron chi connectivity index (χ0n) is 11.7. The average Bonchev–Trinajstić information content (AvgIpc) is 2.70. The fraction of sp³-hybridized carbons (Fsp3) is 0.500. The molecule has 0 atom stereocenters. The van der Waals surface area contributed by atoms with Gasteiger partial charge >= 0.3 is 0 Å². The smallest absolute Gasteiger partial charge is 0.228 e. The molecule has 2 rings (SSSR count). The quantitative estimate of drug-likeness (QED) is 0.900. The van der Waals surface area contributed by atoms with Crippen LogP contribution in [0.1, 0.15) is 17.5 Å². The first-order valence-electron chi connectivity index (χ1n) is 6.25. The molecule has 1 aromatic rings. The van der Waals surface area contributed by atoms with Gasteiger partial charge in [0.15, 0.2) is 0 Å². The molecule has 0 aliphatic carbocycles. The molecule has 0 unspecified atom stereocenters. The van der Waals surface area contributed by atoms with E-state index in [2.05, 4.69) is 30.4 Å². The lowest BCUT2D eigenvalue weighted by Crippen LogP contribution is -2.13. The van der Waals surface area contributed by atoms with Gasteiger partial charge in [-0.15, -0.1) is 12.4 Å². The molecule has 1 aliphatic heterocycles. The van der Waals surface area contributed by atoms with E-state index in [1.54, 1.807) is 7.11 Å². The topological polar surface area (TPSA) is 41.6 Å². The highest BCUT2D eigenvalue weighted by Gasteiger charge is 2.24. The molecular weight excluding hydrogens is 264 g/mol. The van der Waals surface area contributed by atoms with Crippen LogP contribution in [0.4, 0.5) is 5.69 Å². The number of hydrogen-bond donors (Lipinski definition) is 1. The molecule has 4 nitrogen and oxygen atoms in total. The number of benzene rings is 1. The Morgan fingerprint density at radius 1 is 1.37 bits per heavy atom. The van der Waals surface area contributed by atoms with Crippen LogP contribution < -0.4 is 10.1 Å².